The number of ether oxygens (including phenoxy) is 1. The van der Waals surface area contributed by atoms with Crippen LogP contribution in [0.4, 0.5) is 5.82 Å². The highest BCUT2D eigenvalue weighted by Crippen LogP contribution is 2.19. The lowest BCUT2D eigenvalue weighted by Gasteiger charge is -2.31. The fraction of sp³-hybridized carbons (Fsp3) is 0.562. The summed E-state index contributed by atoms with van der Waals surface area (Å²) in [6.45, 7) is 4.04. The summed E-state index contributed by atoms with van der Waals surface area (Å²) in [7, 11) is 0. The third kappa shape index (κ3) is 3.61. The SMILES string of the molecule is NC(=O)C1CCN(C(=O)c2cccc(N3CCOCC3)n2)CC1. The highest BCUT2D eigenvalue weighted by atomic mass is 16.5. The van der Waals surface area contributed by atoms with Gasteiger partial charge in [-0.15, -0.1) is 0 Å². The molecule has 0 radical (unpaired) electrons. The van der Waals surface area contributed by atoms with Gasteiger partial charge in [-0.25, -0.2) is 4.98 Å². The summed E-state index contributed by atoms with van der Waals surface area (Å²) in [5.41, 5.74) is 5.78. The molecule has 3 heterocycles. The van der Waals surface area contributed by atoms with Crippen LogP contribution in [0.2, 0.25) is 0 Å². The van der Waals surface area contributed by atoms with E-state index in [9.17, 15) is 9.59 Å². The highest BCUT2D eigenvalue weighted by Gasteiger charge is 2.27. The smallest absolute Gasteiger partial charge is 0.272 e. The molecule has 2 amide bonds. The minimum absolute atomic E-state index is 0.0805. The summed E-state index contributed by atoms with van der Waals surface area (Å²) in [4.78, 5) is 32.2. The van der Waals surface area contributed by atoms with Crippen molar-refractivity contribution < 1.29 is 14.3 Å². The number of nitrogens with zero attached hydrogens (tertiary/aromatic N) is 3. The van der Waals surface area contributed by atoms with Crippen molar-refractivity contribution in [1.82, 2.24) is 9.88 Å². The van der Waals surface area contributed by atoms with Crippen molar-refractivity contribution in [1.29, 1.82) is 0 Å². The maximum absolute atomic E-state index is 12.6. The number of carbonyl (C=O) groups is 2. The van der Waals surface area contributed by atoms with Crippen LogP contribution in [-0.2, 0) is 9.53 Å². The normalized spacial score (nSPS) is 19.7. The van der Waals surface area contributed by atoms with Gasteiger partial charge in [0, 0.05) is 32.1 Å². The molecule has 2 fully saturated rings. The molecule has 2 aliphatic heterocycles. The van der Waals surface area contributed by atoms with E-state index in [2.05, 4.69) is 9.88 Å². The maximum Gasteiger partial charge on any atom is 0.272 e. The molecular formula is C16H22N4O3. The molecule has 2 saturated heterocycles. The monoisotopic (exact) mass is 318 g/mol. The Labute approximate surface area is 135 Å². The van der Waals surface area contributed by atoms with Crippen LogP contribution in [0.1, 0.15) is 23.3 Å². The van der Waals surface area contributed by atoms with Crippen LogP contribution < -0.4 is 10.6 Å². The van der Waals surface area contributed by atoms with Crippen molar-refractivity contribution in [3.8, 4) is 0 Å². The Morgan fingerprint density at radius 1 is 1.13 bits per heavy atom. The Balaban J connectivity index is 1.67. The largest absolute Gasteiger partial charge is 0.378 e. The number of amides is 2. The van der Waals surface area contributed by atoms with Crippen molar-refractivity contribution in [2.75, 3.05) is 44.3 Å². The van der Waals surface area contributed by atoms with Gasteiger partial charge in [0.05, 0.1) is 13.2 Å². The predicted molar refractivity (Wildman–Crippen MR) is 85.1 cm³/mol. The third-order valence-corrected chi connectivity index (χ3v) is 4.47. The van der Waals surface area contributed by atoms with Gasteiger partial charge in [0.1, 0.15) is 11.5 Å². The fourth-order valence-corrected chi connectivity index (χ4v) is 3.04. The number of piperidine rings is 1. The van der Waals surface area contributed by atoms with Crippen LogP contribution in [0.15, 0.2) is 18.2 Å². The van der Waals surface area contributed by atoms with E-state index in [1.807, 2.05) is 12.1 Å². The number of aromatic nitrogens is 1. The van der Waals surface area contributed by atoms with E-state index in [0.717, 1.165) is 18.9 Å². The highest BCUT2D eigenvalue weighted by molar-refractivity contribution is 5.93. The lowest BCUT2D eigenvalue weighted by atomic mass is 9.96. The van der Waals surface area contributed by atoms with E-state index < -0.39 is 0 Å². The van der Waals surface area contributed by atoms with Crippen molar-refractivity contribution in [3.05, 3.63) is 23.9 Å². The summed E-state index contributed by atoms with van der Waals surface area (Å²) < 4.78 is 5.34. The topological polar surface area (TPSA) is 88.8 Å². The molecule has 7 heteroatoms. The maximum atomic E-state index is 12.6. The molecular weight excluding hydrogens is 296 g/mol. The van der Waals surface area contributed by atoms with Crippen LogP contribution in [0.5, 0.6) is 0 Å². The number of pyridine rings is 1. The van der Waals surface area contributed by atoms with E-state index >= 15 is 0 Å². The Kier molecular flexibility index (Phi) is 4.76. The van der Waals surface area contributed by atoms with E-state index in [-0.39, 0.29) is 17.7 Å². The number of carbonyl (C=O) groups excluding carboxylic acids is 2. The molecule has 124 valence electrons. The first-order valence-electron chi connectivity index (χ1n) is 8.03. The van der Waals surface area contributed by atoms with Crippen molar-refractivity contribution in [2.24, 2.45) is 11.7 Å². The second kappa shape index (κ2) is 6.95. The number of anilines is 1. The average Bonchev–Trinajstić information content (AvgIpc) is 2.62. The number of primary amides is 1. The predicted octanol–water partition coefficient (Wildman–Crippen LogP) is 0.256. The zero-order valence-electron chi connectivity index (χ0n) is 13.1. The Hall–Kier alpha value is -2.15. The number of nitrogens with two attached hydrogens (primary N) is 1. The molecule has 0 saturated carbocycles. The molecule has 0 aliphatic carbocycles. The number of hydrogen-bond donors (Lipinski definition) is 1. The van der Waals surface area contributed by atoms with Crippen LogP contribution in [0, 0.1) is 5.92 Å². The first-order chi connectivity index (χ1) is 11.1. The van der Waals surface area contributed by atoms with Gasteiger partial charge < -0.3 is 20.3 Å². The lowest BCUT2D eigenvalue weighted by Crippen LogP contribution is -2.42. The summed E-state index contributed by atoms with van der Waals surface area (Å²) in [5.74, 6) is 0.338. The quantitative estimate of drug-likeness (QED) is 0.863. The average molecular weight is 318 g/mol. The number of rotatable bonds is 3. The number of likely N-dealkylation sites (tertiary alicyclic amines) is 1. The van der Waals surface area contributed by atoms with Crippen LogP contribution in [0.25, 0.3) is 0 Å². The first-order valence-corrected chi connectivity index (χ1v) is 8.03. The molecule has 0 atom stereocenters. The molecule has 3 rings (SSSR count). The molecule has 0 bridgehead atoms. The molecule has 2 N–H and O–H groups in total. The molecule has 0 unspecified atom stereocenters. The standard InChI is InChI=1S/C16H22N4O3/c17-15(21)12-4-6-20(7-5-12)16(22)13-2-1-3-14(18-13)19-8-10-23-11-9-19/h1-3,12H,4-11H2,(H2,17,21). The second-order valence-electron chi connectivity index (χ2n) is 5.95. The zero-order valence-corrected chi connectivity index (χ0v) is 13.1. The number of morpholine rings is 1. The summed E-state index contributed by atoms with van der Waals surface area (Å²) in [5, 5.41) is 0. The van der Waals surface area contributed by atoms with Gasteiger partial charge in [0.15, 0.2) is 0 Å². The van der Waals surface area contributed by atoms with Gasteiger partial charge in [-0.1, -0.05) is 6.07 Å². The molecule has 0 spiro atoms. The Bertz CT molecular complexity index is 578. The van der Waals surface area contributed by atoms with E-state index in [0.29, 0.717) is 44.8 Å². The van der Waals surface area contributed by atoms with Gasteiger partial charge in [-0.2, -0.15) is 0 Å². The molecule has 1 aromatic heterocycles. The minimum Gasteiger partial charge on any atom is -0.378 e. The van der Waals surface area contributed by atoms with E-state index in [1.54, 1.807) is 11.0 Å². The summed E-state index contributed by atoms with van der Waals surface area (Å²) in [6.07, 6.45) is 1.26. The first kappa shape index (κ1) is 15.7. The molecule has 23 heavy (non-hydrogen) atoms. The van der Waals surface area contributed by atoms with Crippen LogP contribution >= 0.6 is 0 Å². The zero-order chi connectivity index (χ0) is 16.2. The summed E-state index contributed by atoms with van der Waals surface area (Å²) >= 11 is 0. The van der Waals surface area contributed by atoms with Crippen molar-refractivity contribution >= 4 is 17.6 Å². The van der Waals surface area contributed by atoms with Gasteiger partial charge >= 0.3 is 0 Å². The Morgan fingerprint density at radius 3 is 2.48 bits per heavy atom. The molecule has 2 aliphatic rings. The minimum atomic E-state index is -0.274. The van der Waals surface area contributed by atoms with Crippen LogP contribution in [0.3, 0.4) is 0 Å². The molecule has 7 nitrogen and oxygen atoms in total. The van der Waals surface area contributed by atoms with Crippen molar-refractivity contribution in [3.63, 3.8) is 0 Å². The second-order valence-corrected chi connectivity index (χ2v) is 5.95. The van der Waals surface area contributed by atoms with Gasteiger partial charge in [-0.3, -0.25) is 9.59 Å². The third-order valence-electron chi connectivity index (χ3n) is 4.47. The van der Waals surface area contributed by atoms with Gasteiger partial charge in [0.25, 0.3) is 5.91 Å². The van der Waals surface area contributed by atoms with E-state index in [1.165, 1.54) is 0 Å². The fourth-order valence-electron chi connectivity index (χ4n) is 3.04. The van der Waals surface area contributed by atoms with Crippen LogP contribution in [-0.4, -0.2) is 61.1 Å². The lowest BCUT2D eigenvalue weighted by molar-refractivity contribution is -0.123. The molecule has 1 aromatic rings. The van der Waals surface area contributed by atoms with Gasteiger partial charge in [0.2, 0.25) is 5.91 Å². The van der Waals surface area contributed by atoms with E-state index in [4.69, 9.17) is 10.5 Å². The van der Waals surface area contributed by atoms with Crippen molar-refractivity contribution in [2.45, 2.75) is 12.8 Å². The Morgan fingerprint density at radius 2 is 1.83 bits per heavy atom. The molecule has 0 aromatic carbocycles. The number of hydrogen-bond acceptors (Lipinski definition) is 5. The van der Waals surface area contributed by atoms with Gasteiger partial charge in [-0.05, 0) is 25.0 Å². The summed E-state index contributed by atoms with van der Waals surface area (Å²) in [6, 6.07) is 5.52.